The third kappa shape index (κ3) is 2.97. The summed E-state index contributed by atoms with van der Waals surface area (Å²) in [6.07, 6.45) is 3.68. The normalized spacial score (nSPS) is 16.8. The molecule has 2 aromatic heterocycles. The zero-order valence-corrected chi connectivity index (χ0v) is 16.0. The Bertz CT molecular complexity index is 940. The number of para-hydroxylation sites is 1. The van der Waals surface area contributed by atoms with Crippen LogP contribution in [0, 0.1) is 0 Å². The van der Waals surface area contributed by atoms with Gasteiger partial charge in [-0.25, -0.2) is 15.0 Å². The number of nitrogens with one attached hydrogen (secondary N) is 1. The SMILES string of the molecule is COc1cccc(Nc2nc(Br)nc3c2ncn3C2CCCO2)c1OC. The van der Waals surface area contributed by atoms with Crippen LogP contribution in [0.25, 0.3) is 11.2 Å². The maximum absolute atomic E-state index is 5.76. The summed E-state index contributed by atoms with van der Waals surface area (Å²) in [5, 5.41) is 3.28. The molecular formula is C17H18BrN5O3. The van der Waals surface area contributed by atoms with Gasteiger partial charge in [0.1, 0.15) is 6.23 Å². The molecule has 1 aliphatic rings. The predicted molar refractivity (Wildman–Crippen MR) is 100 cm³/mol. The van der Waals surface area contributed by atoms with Gasteiger partial charge in [0.2, 0.25) is 4.73 Å². The maximum atomic E-state index is 5.76. The van der Waals surface area contributed by atoms with Gasteiger partial charge in [-0.3, -0.25) is 4.57 Å². The summed E-state index contributed by atoms with van der Waals surface area (Å²) < 4.78 is 19.0. The Hall–Kier alpha value is -2.39. The van der Waals surface area contributed by atoms with Gasteiger partial charge in [-0.1, -0.05) is 6.07 Å². The highest BCUT2D eigenvalue weighted by Crippen LogP contribution is 2.37. The molecule has 1 aromatic carbocycles. The smallest absolute Gasteiger partial charge is 0.200 e. The monoisotopic (exact) mass is 419 g/mol. The number of hydrogen-bond acceptors (Lipinski definition) is 7. The van der Waals surface area contributed by atoms with E-state index >= 15 is 0 Å². The minimum Gasteiger partial charge on any atom is -0.493 e. The van der Waals surface area contributed by atoms with E-state index in [1.807, 2.05) is 22.8 Å². The summed E-state index contributed by atoms with van der Waals surface area (Å²) in [5.74, 6) is 1.80. The molecule has 9 heteroatoms. The van der Waals surface area contributed by atoms with Crippen LogP contribution in [-0.4, -0.2) is 40.3 Å². The van der Waals surface area contributed by atoms with Crippen LogP contribution in [0.5, 0.6) is 11.5 Å². The van der Waals surface area contributed by atoms with Gasteiger partial charge in [0.05, 0.1) is 26.2 Å². The molecule has 1 atom stereocenters. The lowest BCUT2D eigenvalue weighted by Gasteiger charge is -2.14. The van der Waals surface area contributed by atoms with Crippen molar-refractivity contribution in [3.8, 4) is 11.5 Å². The Morgan fingerprint density at radius 2 is 2.15 bits per heavy atom. The molecule has 4 rings (SSSR count). The van der Waals surface area contributed by atoms with E-state index < -0.39 is 0 Å². The number of fused-ring (bicyclic) bond motifs is 1. The van der Waals surface area contributed by atoms with Crippen LogP contribution in [0.1, 0.15) is 19.1 Å². The Labute approximate surface area is 158 Å². The van der Waals surface area contributed by atoms with Crippen molar-refractivity contribution in [3.05, 3.63) is 29.3 Å². The van der Waals surface area contributed by atoms with E-state index in [1.54, 1.807) is 20.5 Å². The lowest BCUT2D eigenvalue weighted by molar-refractivity contribution is 0.0592. The second kappa shape index (κ2) is 7.08. The molecule has 0 spiro atoms. The molecule has 3 aromatic rings. The number of halogens is 1. The largest absolute Gasteiger partial charge is 0.493 e. The van der Waals surface area contributed by atoms with Gasteiger partial charge in [0.15, 0.2) is 28.5 Å². The van der Waals surface area contributed by atoms with Crippen LogP contribution in [0.15, 0.2) is 29.3 Å². The third-order valence-corrected chi connectivity index (χ3v) is 4.62. The summed E-state index contributed by atoms with van der Waals surface area (Å²) >= 11 is 3.39. The average molecular weight is 420 g/mol. The standard InChI is InChI=1S/C17H18BrN5O3/c1-24-11-6-3-5-10(14(11)25-2)20-15-13-16(22-17(18)21-15)23(9-19-13)12-7-4-8-26-12/h3,5-6,9,12H,4,7-8H2,1-2H3,(H,20,21,22). The molecule has 1 aliphatic heterocycles. The lowest BCUT2D eigenvalue weighted by atomic mass is 10.2. The lowest BCUT2D eigenvalue weighted by Crippen LogP contribution is -2.07. The second-order valence-electron chi connectivity index (χ2n) is 5.80. The zero-order valence-electron chi connectivity index (χ0n) is 14.4. The van der Waals surface area contributed by atoms with Gasteiger partial charge in [0, 0.05) is 6.61 Å². The first-order valence-corrected chi connectivity index (χ1v) is 9.00. The van der Waals surface area contributed by atoms with Crippen LogP contribution in [0.4, 0.5) is 11.5 Å². The Kier molecular flexibility index (Phi) is 4.64. The molecule has 1 N–H and O–H groups in total. The number of ether oxygens (including phenoxy) is 3. The van der Waals surface area contributed by atoms with E-state index in [9.17, 15) is 0 Å². The van der Waals surface area contributed by atoms with Crippen LogP contribution in [0.3, 0.4) is 0 Å². The fourth-order valence-electron chi connectivity index (χ4n) is 3.08. The summed E-state index contributed by atoms with van der Waals surface area (Å²) in [5.41, 5.74) is 2.10. The van der Waals surface area contributed by atoms with Crippen molar-refractivity contribution < 1.29 is 14.2 Å². The molecule has 26 heavy (non-hydrogen) atoms. The molecule has 0 saturated carbocycles. The van der Waals surface area contributed by atoms with Crippen LogP contribution in [0.2, 0.25) is 0 Å². The van der Waals surface area contributed by atoms with Crippen LogP contribution >= 0.6 is 15.9 Å². The zero-order chi connectivity index (χ0) is 18.1. The summed E-state index contributed by atoms with van der Waals surface area (Å²) in [4.78, 5) is 13.4. The van der Waals surface area contributed by atoms with Gasteiger partial charge >= 0.3 is 0 Å². The van der Waals surface area contributed by atoms with E-state index in [2.05, 4.69) is 36.2 Å². The minimum absolute atomic E-state index is 0.0407. The second-order valence-corrected chi connectivity index (χ2v) is 6.51. The maximum Gasteiger partial charge on any atom is 0.200 e. The van der Waals surface area contributed by atoms with Crippen molar-refractivity contribution in [2.45, 2.75) is 19.1 Å². The fourth-order valence-corrected chi connectivity index (χ4v) is 3.43. The molecule has 136 valence electrons. The van der Waals surface area contributed by atoms with E-state index in [0.29, 0.717) is 33.2 Å². The first-order chi connectivity index (χ1) is 12.7. The van der Waals surface area contributed by atoms with Crippen molar-refractivity contribution in [2.24, 2.45) is 0 Å². The molecule has 0 bridgehead atoms. The van der Waals surface area contributed by atoms with E-state index in [-0.39, 0.29) is 6.23 Å². The summed E-state index contributed by atoms with van der Waals surface area (Å²) in [7, 11) is 3.20. The number of methoxy groups -OCH3 is 2. The Balaban J connectivity index is 1.78. The predicted octanol–water partition coefficient (Wildman–Crippen LogP) is 3.66. The van der Waals surface area contributed by atoms with Crippen LogP contribution < -0.4 is 14.8 Å². The average Bonchev–Trinajstić information content (AvgIpc) is 3.30. The first-order valence-electron chi connectivity index (χ1n) is 8.21. The minimum atomic E-state index is -0.0407. The molecule has 0 amide bonds. The highest BCUT2D eigenvalue weighted by atomic mass is 79.9. The molecule has 1 saturated heterocycles. The first kappa shape index (κ1) is 17.0. The highest BCUT2D eigenvalue weighted by molar-refractivity contribution is 9.10. The van der Waals surface area contributed by atoms with Crippen molar-refractivity contribution in [2.75, 3.05) is 26.1 Å². The van der Waals surface area contributed by atoms with Gasteiger partial charge in [-0.05, 0) is 40.9 Å². The number of anilines is 2. The number of imidazole rings is 1. The molecule has 0 aliphatic carbocycles. The number of rotatable bonds is 5. The van der Waals surface area contributed by atoms with Crippen molar-refractivity contribution in [3.63, 3.8) is 0 Å². The van der Waals surface area contributed by atoms with Crippen molar-refractivity contribution in [1.82, 2.24) is 19.5 Å². The molecule has 1 fully saturated rings. The van der Waals surface area contributed by atoms with Gasteiger partial charge < -0.3 is 19.5 Å². The number of hydrogen-bond donors (Lipinski definition) is 1. The van der Waals surface area contributed by atoms with E-state index in [0.717, 1.165) is 25.1 Å². The number of benzene rings is 1. The molecular weight excluding hydrogens is 402 g/mol. The topological polar surface area (TPSA) is 83.3 Å². The molecule has 8 nitrogen and oxygen atoms in total. The number of aromatic nitrogens is 4. The summed E-state index contributed by atoms with van der Waals surface area (Å²) in [6, 6.07) is 5.60. The van der Waals surface area contributed by atoms with E-state index in [4.69, 9.17) is 14.2 Å². The molecule has 3 heterocycles. The Morgan fingerprint density at radius 3 is 2.88 bits per heavy atom. The summed E-state index contributed by atoms with van der Waals surface area (Å²) in [6.45, 7) is 0.753. The fraction of sp³-hybridized carbons (Fsp3) is 0.353. The van der Waals surface area contributed by atoms with Gasteiger partial charge in [-0.15, -0.1) is 0 Å². The third-order valence-electron chi connectivity index (χ3n) is 4.27. The molecule has 0 radical (unpaired) electrons. The van der Waals surface area contributed by atoms with Crippen molar-refractivity contribution >= 4 is 38.6 Å². The van der Waals surface area contributed by atoms with Crippen molar-refractivity contribution in [1.29, 1.82) is 0 Å². The quantitative estimate of drug-likeness (QED) is 0.631. The van der Waals surface area contributed by atoms with Gasteiger partial charge in [-0.2, -0.15) is 0 Å². The van der Waals surface area contributed by atoms with Gasteiger partial charge in [0.25, 0.3) is 0 Å². The van der Waals surface area contributed by atoms with Crippen LogP contribution in [-0.2, 0) is 4.74 Å². The molecule has 1 unspecified atom stereocenters. The number of nitrogens with zero attached hydrogens (tertiary/aromatic N) is 4. The van der Waals surface area contributed by atoms with E-state index in [1.165, 1.54) is 0 Å². The highest BCUT2D eigenvalue weighted by Gasteiger charge is 2.22. The Morgan fingerprint density at radius 1 is 1.27 bits per heavy atom.